The van der Waals surface area contributed by atoms with Crippen LogP contribution in [-0.4, -0.2) is 73.1 Å². The molecule has 0 aromatic heterocycles. The molecule has 1 heterocycles. The fourth-order valence-corrected chi connectivity index (χ4v) is 4.81. The van der Waals surface area contributed by atoms with Gasteiger partial charge in [0.25, 0.3) is 0 Å². The summed E-state index contributed by atoms with van der Waals surface area (Å²) in [6.45, 7) is 12.0. The van der Waals surface area contributed by atoms with Gasteiger partial charge in [-0.15, -0.1) is 0 Å². The molecule has 7 atom stereocenters. The summed E-state index contributed by atoms with van der Waals surface area (Å²) in [6.07, 6.45) is -0.987. The van der Waals surface area contributed by atoms with Crippen LogP contribution in [0.25, 0.3) is 0 Å². The van der Waals surface area contributed by atoms with Gasteiger partial charge < -0.3 is 28.4 Å². The third-order valence-electron chi connectivity index (χ3n) is 6.22. The zero-order valence-electron chi connectivity index (χ0n) is 23.2. The van der Waals surface area contributed by atoms with Crippen molar-refractivity contribution < 1.29 is 52.4 Å². The maximum atomic E-state index is 12.0. The van der Waals surface area contributed by atoms with Crippen LogP contribution >= 0.6 is 0 Å². The highest BCUT2D eigenvalue weighted by Crippen LogP contribution is 2.40. The number of hydrogen-bond acceptors (Lipinski definition) is 11. The first-order valence-corrected chi connectivity index (χ1v) is 12.5. The highest BCUT2D eigenvalue weighted by atomic mass is 16.7. The van der Waals surface area contributed by atoms with Gasteiger partial charge in [-0.25, -0.2) is 0 Å². The fourth-order valence-electron chi connectivity index (χ4n) is 4.81. The molecule has 2 rings (SSSR count). The van der Waals surface area contributed by atoms with E-state index in [1.807, 2.05) is 26.8 Å². The first-order chi connectivity index (χ1) is 17.6. The number of hydrogen-bond donors (Lipinski definition) is 0. The van der Waals surface area contributed by atoms with Crippen LogP contribution in [0, 0.1) is 11.3 Å². The van der Waals surface area contributed by atoms with E-state index in [9.17, 15) is 24.0 Å². The summed E-state index contributed by atoms with van der Waals surface area (Å²) in [5.74, 6) is -2.67. The second kappa shape index (κ2) is 13.1. The molecule has 11 nitrogen and oxygen atoms in total. The number of carbonyl (C=O) groups is 5. The summed E-state index contributed by atoms with van der Waals surface area (Å²) in [5.41, 5.74) is 0.641. The molecule has 11 heteroatoms. The van der Waals surface area contributed by atoms with Gasteiger partial charge in [0.05, 0.1) is 6.10 Å². The van der Waals surface area contributed by atoms with Crippen molar-refractivity contribution in [1.82, 2.24) is 0 Å². The van der Waals surface area contributed by atoms with E-state index in [2.05, 4.69) is 0 Å². The van der Waals surface area contributed by atoms with Gasteiger partial charge in [0.2, 0.25) is 0 Å². The zero-order chi connectivity index (χ0) is 28.8. The summed E-state index contributed by atoms with van der Waals surface area (Å²) < 4.78 is 33.3. The second-order valence-electron chi connectivity index (χ2n) is 10.3. The summed E-state index contributed by atoms with van der Waals surface area (Å²) in [4.78, 5) is 59.3. The van der Waals surface area contributed by atoms with Crippen molar-refractivity contribution in [1.29, 1.82) is 0 Å². The first-order valence-electron chi connectivity index (χ1n) is 12.5. The van der Waals surface area contributed by atoms with Crippen molar-refractivity contribution in [2.75, 3.05) is 6.61 Å². The molecule has 1 aliphatic heterocycles. The normalized spacial score (nSPS) is 29.7. The Balaban J connectivity index is 2.37. The van der Waals surface area contributed by atoms with E-state index in [4.69, 9.17) is 28.4 Å². The minimum atomic E-state index is -1.30. The van der Waals surface area contributed by atoms with Crippen LogP contribution < -0.4 is 0 Å². The number of esters is 4. The monoisotopic (exact) mass is 538 g/mol. The topological polar surface area (TPSA) is 141 Å². The van der Waals surface area contributed by atoms with E-state index >= 15 is 0 Å². The van der Waals surface area contributed by atoms with Gasteiger partial charge in [0.15, 0.2) is 30.4 Å². The lowest BCUT2D eigenvalue weighted by Gasteiger charge is -2.44. The van der Waals surface area contributed by atoms with E-state index in [1.165, 1.54) is 13.8 Å². The van der Waals surface area contributed by atoms with Crippen LogP contribution in [0.5, 0.6) is 0 Å². The number of allylic oxidation sites excluding steroid dienone is 3. The number of ketones is 1. The van der Waals surface area contributed by atoms with Crippen LogP contribution in [0.15, 0.2) is 23.8 Å². The summed E-state index contributed by atoms with van der Waals surface area (Å²) in [7, 11) is 0. The van der Waals surface area contributed by atoms with Gasteiger partial charge in [-0.05, 0) is 25.3 Å². The molecule has 0 amide bonds. The first kappa shape index (κ1) is 31.2. The van der Waals surface area contributed by atoms with Gasteiger partial charge >= 0.3 is 23.9 Å². The van der Waals surface area contributed by atoms with Gasteiger partial charge in [-0.2, -0.15) is 0 Å². The van der Waals surface area contributed by atoms with Gasteiger partial charge in [0, 0.05) is 40.0 Å². The molecule has 0 spiro atoms. The molecule has 0 unspecified atom stereocenters. The molecular formula is C27H38O11. The Morgan fingerprint density at radius 2 is 1.53 bits per heavy atom. The highest BCUT2D eigenvalue weighted by Gasteiger charge is 2.53. The lowest BCUT2D eigenvalue weighted by atomic mass is 9.68. The van der Waals surface area contributed by atoms with Gasteiger partial charge in [-0.3, -0.25) is 24.0 Å². The Bertz CT molecular complexity index is 980. The summed E-state index contributed by atoms with van der Waals surface area (Å²) in [5, 5.41) is 0. The molecule has 1 aliphatic carbocycles. The number of ether oxygens (including phenoxy) is 6. The number of carbonyl (C=O) groups excluding carboxylic acids is 5. The van der Waals surface area contributed by atoms with Crippen LogP contribution in [0.3, 0.4) is 0 Å². The fraction of sp³-hybridized carbons (Fsp3) is 0.667. The molecule has 0 bridgehead atoms. The molecule has 0 N–H and O–H groups in total. The molecule has 38 heavy (non-hydrogen) atoms. The second-order valence-corrected chi connectivity index (χ2v) is 10.3. The van der Waals surface area contributed by atoms with Gasteiger partial charge in [0.1, 0.15) is 12.7 Å². The molecule has 0 aromatic rings. The van der Waals surface area contributed by atoms with Crippen molar-refractivity contribution in [3.63, 3.8) is 0 Å². The SMILES string of the molecule is CC(=O)OC[C@H]1O[C@@H](O[C@H](C)/C=C/[C@@H]2C(C)=CC(=O)CC2(C)C)[C@H](OC(C)=O)[C@@H](OC(C)=O)[C@@H]1OC(C)=O. The van der Waals surface area contributed by atoms with Crippen molar-refractivity contribution >= 4 is 29.7 Å². The van der Waals surface area contributed by atoms with Crippen LogP contribution in [-0.2, 0) is 52.4 Å². The van der Waals surface area contributed by atoms with Crippen molar-refractivity contribution in [2.45, 2.75) is 98.6 Å². The predicted molar refractivity (Wildman–Crippen MR) is 132 cm³/mol. The Labute approximate surface area is 222 Å². The highest BCUT2D eigenvalue weighted by molar-refractivity contribution is 5.92. The smallest absolute Gasteiger partial charge is 0.303 e. The molecule has 0 radical (unpaired) electrons. The Hall–Kier alpha value is -3.05. The van der Waals surface area contributed by atoms with Crippen LogP contribution in [0.4, 0.5) is 0 Å². The van der Waals surface area contributed by atoms with E-state index in [0.717, 1.165) is 19.4 Å². The Morgan fingerprint density at radius 1 is 0.974 bits per heavy atom. The Morgan fingerprint density at radius 3 is 2.05 bits per heavy atom. The zero-order valence-corrected chi connectivity index (χ0v) is 23.2. The van der Waals surface area contributed by atoms with Crippen molar-refractivity contribution in [3.8, 4) is 0 Å². The molecule has 212 valence electrons. The lowest BCUT2D eigenvalue weighted by molar-refractivity contribution is -0.312. The van der Waals surface area contributed by atoms with E-state index < -0.39 is 60.7 Å². The molecule has 1 saturated heterocycles. The molecule has 0 aromatic carbocycles. The molecule has 1 fully saturated rings. The molecular weight excluding hydrogens is 500 g/mol. The molecule has 0 saturated carbocycles. The average Bonchev–Trinajstić information content (AvgIpc) is 2.74. The van der Waals surface area contributed by atoms with E-state index in [0.29, 0.717) is 6.42 Å². The standard InChI is InChI=1S/C27H38O11/c1-14-11-20(32)12-27(7,8)21(14)10-9-15(2)34-26-25(37-19(6)31)24(36-18(5)30)23(35-17(4)29)22(38-26)13-33-16(3)28/h9-11,15,21-26H,12-13H2,1-8H3/b10-9+/t15-,21-,22-,23-,24+,25-,26-/m1/s1. The minimum Gasteiger partial charge on any atom is -0.463 e. The third-order valence-corrected chi connectivity index (χ3v) is 6.22. The third kappa shape index (κ3) is 8.76. The van der Waals surface area contributed by atoms with Crippen LogP contribution in [0.2, 0.25) is 0 Å². The summed E-state index contributed by atoms with van der Waals surface area (Å²) in [6, 6.07) is 0. The predicted octanol–water partition coefficient (Wildman–Crippen LogP) is 2.59. The summed E-state index contributed by atoms with van der Waals surface area (Å²) >= 11 is 0. The minimum absolute atomic E-state index is 0.0124. The number of rotatable bonds is 9. The van der Waals surface area contributed by atoms with Crippen LogP contribution in [0.1, 0.15) is 61.8 Å². The molecule has 2 aliphatic rings. The van der Waals surface area contributed by atoms with Crippen molar-refractivity contribution in [3.05, 3.63) is 23.8 Å². The lowest BCUT2D eigenvalue weighted by Crippen LogP contribution is -2.63. The van der Waals surface area contributed by atoms with E-state index in [1.54, 1.807) is 19.1 Å². The largest absolute Gasteiger partial charge is 0.463 e. The maximum absolute atomic E-state index is 12.0. The quantitative estimate of drug-likeness (QED) is 0.243. The maximum Gasteiger partial charge on any atom is 0.303 e. The Kier molecular flexibility index (Phi) is 10.8. The van der Waals surface area contributed by atoms with Gasteiger partial charge in [-0.1, -0.05) is 31.6 Å². The van der Waals surface area contributed by atoms with E-state index in [-0.39, 0.29) is 23.7 Å². The van der Waals surface area contributed by atoms with Crippen molar-refractivity contribution in [2.24, 2.45) is 11.3 Å². The average molecular weight is 539 g/mol.